The zero-order valence-electron chi connectivity index (χ0n) is 8.27. The third-order valence-electron chi connectivity index (χ3n) is 2.70. The second-order valence-electron chi connectivity index (χ2n) is 4.70. The molecule has 1 rings (SSSR count). The molecular formula is C10H22N+. The van der Waals surface area contributed by atoms with Crippen LogP contribution in [0.2, 0.25) is 0 Å². The van der Waals surface area contributed by atoms with Gasteiger partial charge in [0.25, 0.3) is 0 Å². The maximum atomic E-state index is 2.42. The molecule has 0 aliphatic carbocycles. The van der Waals surface area contributed by atoms with Crippen LogP contribution in [0.15, 0.2) is 0 Å². The lowest BCUT2D eigenvalue weighted by Crippen LogP contribution is -2.49. The molecule has 66 valence electrons. The normalized spacial score (nSPS) is 24.0. The Bertz CT molecular complexity index is 112. The monoisotopic (exact) mass is 156 g/mol. The van der Waals surface area contributed by atoms with E-state index < -0.39 is 0 Å². The second kappa shape index (κ2) is 3.57. The van der Waals surface area contributed by atoms with Gasteiger partial charge in [-0.2, -0.15) is 0 Å². The third-order valence-corrected chi connectivity index (χ3v) is 2.70. The van der Waals surface area contributed by atoms with Gasteiger partial charge in [0.05, 0.1) is 26.7 Å². The van der Waals surface area contributed by atoms with Gasteiger partial charge in [0, 0.05) is 5.92 Å². The molecule has 0 aromatic carbocycles. The summed E-state index contributed by atoms with van der Waals surface area (Å²) in [6.45, 7) is 8.87. The third kappa shape index (κ3) is 2.82. The molecule has 1 heterocycles. The summed E-state index contributed by atoms with van der Waals surface area (Å²) in [6.07, 6.45) is 4.36. The molecular weight excluding hydrogens is 134 g/mol. The number of hydrogen-bond donors (Lipinski definition) is 0. The Kier molecular flexibility index (Phi) is 2.94. The van der Waals surface area contributed by atoms with Crippen molar-refractivity contribution in [3.63, 3.8) is 0 Å². The van der Waals surface area contributed by atoms with Crippen LogP contribution in [0.4, 0.5) is 0 Å². The van der Waals surface area contributed by atoms with E-state index in [4.69, 9.17) is 0 Å². The summed E-state index contributed by atoms with van der Waals surface area (Å²) in [5.41, 5.74) is 0. The molecule has 0 bridgehead atoms. The average molecular weight is 156 g/mol. The first-order chi connectivity index (χ1) is 5.12. The number of rotatable bonds is 2. The van der Waals surface area contributed by atoms with Crippen LogP contribution in [0.5, 0.6) is 0 Å². The van der Waals surface area contributed by atoms with Gasteiger partial charge < -0.3 is 4.48 Å². The summed E-state index contributed by atoms with van der Waals surface area (Å²) < 4.78 is 1.33. The predicted molar refractivity (Wildman–Crippen MR) is 49.5 cm³/mol. The Balaban J connectivity index is 2.37. The molecule has 1 saturated heterocycles. The zero-order chi connectivity index (χ0) is 8.32. The number of quaternary nitrogens is 1. The highest BCUT2D eigenvalue weighted by Gasteiger charge is 2.24. The molecule has 1 nitrogen and oxygen atoms in total. The van der Waals surface area contributed by atoms with Crippen molar-refractivity contribution in [1.29, 1.82) is 0 Å². The number of hydrogen-bond acceptors (Lipinski definition) is 0. The van der Waals surface area contributed by atoms with E-state index in [9.17, 15) is 0 Å². The quantitative estimate of drug-likeness (QED) is 0.538. The van der Waals surface area contributed by atoms with Crippen LogP contribution in [-0.2, 0) is 0 Å². The first-order valence-electron chi connectivity index (χ1n) is 4.96. The molecule has 0 aromatic heterocycles. The summed E-state index contributed by atoms with van der Waals surface area (Å²) in [7, 11) is 2.42. The van der Waals surface area contributed by atoms with Crippen LogP contribution < -0.4 is 0 Å². The Hall–Kier alpha value is -0.0400. The topological polar surface area (TPSA) is 0 Å². The molecule has 0 unspecified atom stereocenters. The Morgan fingerprint density at radius 2 is 1.64 bits per heavy atom. The molecule has 0 atom stereocenters. The van der Waals surface area contributed by atoms with E-state index in [1.54, 1.807) is 0 Å². The minimum atomic E-state index is 0.859. The van der Waals surface area contributed by atoms with Crippen molar-refractivity contribution < 1.29 is 4.48 Å². The van der Waals surface area contributed by atoms with E-state index in [0.29, 0.717) is 0 Å². The van der Waals surface area contributed by atoms with Gasteiger partial charge in [-0.3, -0.25) is 0 Å². The Morgan fingerprint density at radius 1 is 1.09 bits per heavy atom. The minimum absolute atomic E-state index is 0.859. The van der Waals surface area contributed by atoms with Crippen molar-refractivity contribution in [3.05, 3.63) is 0 Å². The molecule has 0 saturated carbocycles. The van der Waals surface area contributed by atoms with Crippen LogP contribution in [0.3, 0.4) is 0 Å². The summed E-state index contributed by atoms with van der Waals surface area (Å²) >= 11 is 0. The molecule has 1 aliphatic heterocycles. The summed E-state index contributed by atoms with van der Waals surface area (Å²) in [5, 5.41) is 0. The van der Waals surface area contributed by atoms with Crippen molar-refractivity contribution in [2.45, 2.75) is 33.1 Å². The minimum Gasteiger partial charge on any atom is -0.326 e. The molecule has 0 amide bonds. The summed E-state index contributed by atoms with van der Waals surface area (Å²) in [5.74, 6) is 0.859. The van der Waals surface area contributed by atoms with E-state index >= 15 is 0 Å². The van der Waals surface area contributed by atoms with Crippen LogP contribution in [0.1, 0.15) is 33.1 Å². The molecule has 1 fully saturated rings. The largest absolute Gasteiger partial charge is 0.326 e. The second-order valence-corrected chi connectivity index (χ2v) is 4.70. The summed E-state index contributed by atoms with van der Waals surface area (Å²) in [4.78, 5) is 0. The molecule has 1 heteroatoms. The van der Waals surface area contributed by atoms with E-state index in [1.165, 1.54) is 43.4 Å². The number of piperidine rings is 1. The van der Waals surface area contributed by atoms with Crippen molar-refractivity contribution >= 4 is 0 Å². The number of likely N-dealkylation sites (tertiary alicyclic amines) is 1. The molecule has 1 aliphatic rings. The fraction of sp³-hybridized carbons (Fsp3) is 1.00. The van der Waals surface area contributed by atoms with Gasteiger partial charge in [-0.15, -0.1) is 0 Å². The van der Waals surface area contributed by atoms with Gasteiger partial charge in [-0.25, -0.2) is 0 Å². The Morgan fingerprint density at radius 3 is 2.09 bits per heavy atom. The fourth-order valence-corrected chi connectivity index (χ4v) is 2.34. The lowest BCUT2D eigenvalue weighted by molar-refractivity contribution is -0.916. The van der Waals surface area contributed by atoms with Gasteiger partial charge >= 0.3 is 0 Å². The van der Waals surface area contributed by atoms with Gasteiger partial charge in [0.2, 0.25) is 0 Å². The number of nitrogens with zero attached hydrogens (tertiary/aromatic N) is 1. The van der Waals surface area contributed by atoms with Crippen molar-refractivity contribution in [3.8, 4) is 0 Å². The molecule has 0 radical (unpaired) electrons. The highest BCUT2D eigenvalue weighted by atomic mass is 15.3. The fourth-order valence-electron chi connectivity index (χ4n) is 2.34. The summed E-state index contributed by atoms with van der Waals surface area (Å²) in [6, 6.07) is 0. The first kappa shape index (κ1) is 9.05. The van der Waals surface area contributed by atoms with Crippen molar-refractivity contribution in [2.75, 3.05) is 26.7 Å². The SMILES string of the molecule is CC(C)C[N+]1(C)CCCCC1. The van der Waals surface area contributed by atoms with Crippen LogP contribution in [-0.4, -0.2) is 31.2 Å². The standard InChI is InChI=1S/C10H22N/c1-10(2)9-11(3)7-5-4-6-8-11/h10H,4-9H2,1-3H3/q+1. The highest BCUT2D eigenvalue weighted by Crippen LogP contribution is 2.17. The van der Waals surface area contributed by atoms with Crippen molar-refractivity contribution in [2.24, 2.45) is 5.92 Å². The van der Waals surface area contributed by atoms with Gasteiger partial charge in [-0.1, -0.05) is 13.8 Å². The van der Waals surface area contributed by atoms with E-state index in [2.05, 4.69) is 20.9 Å². The molecule has 0 spiro atoms. The maximum Gasteiger partial charge on any atom is 0.0807 e. The molecule has 11 heavy (non-hydrogen) atoms. The zero-order valence-corrected chi connectivity index (χ0v) is 8.27. The van der Waals surface area contributed by atoms with Crippen LogP contribution in [0.25, 0.3) is 0 Å². The van der Waals surface area contributed by atoms with E-state index in [0.717, 1.165) is 5.92 Å². The van der Waals surface area contributed by atoms with E-state index in [1.807, 2.05) is 0 Å². The first-order valence-corrected chi connectivity index (χ1v) is 4.96. The molecule has 0 N–H and O–H groups in total. The van der Waals surface area contributed by atoms with Gasteiger partial charge in [0.15, 0.2) is 0 Å². The smallest absolute Gasteiger partial charge is 0.0807 e. The lowest BCUT2D eigenvalue weighted by Gasteiger charge is -2.39. The predicted octanol–water partition coefficient (Wildman–Crippen LogP) is 2.27. The van der Waals surface area contributed by atoms with E-state index in [-0.39, 0.29) is 0 Å². The average Bonchev–Trinajstić information content (AvgIpc) is 1.85. The van der Waals surface area contributed by atoms with Crippen LogP contribution >= 0.6 is 0 Å². The Labute approximate surface area is 71.0 Å². The van der Waals surface area contributed by atoms with Crippen LogP contribution in [0, 0.1) is 5.92 Å². The van der Waals surface area contributed by atoms with Gasteiger partial charge in [0.1, 0.15) is 0 Å². The van der Waals surface area contributed by atoms with Crippen molar-refractivity contribution in [1.82, 2.24) is 0 Å². The van der Waals surface area contributed by atoms with Gasteiger partial charge in [-0.05, 0) is 19.3 Å². The molecule has 0 aromatic rings. The lowest BCUT2D eigenvalue weighted by atomic mass is 10.1. The highest BCUT2D eigenvalue weighted by molar-refractivity contribution is 4.53. The maximum absolute atomic E-state index is 2.42.